The molecule has 6 nitrogen and oxygen atoms in total. The molecule has 0 aromatic carbocycles. The zero-order valence-corrected chi connectivity index (χ0v) is 10.8. The molecule has 0 amide bonds. The van der Waals surface area contributed by atoms with Crippen molar-refractivity contribution >= 4 is 23.1 Å². The fourth-order valence-electron chi connectivity index (χ4n) is 1.32. The minimum atomic E-state index is -0.500. The van der Waals surface area contributed by atoms with Crippen molar-refractivity contribution in [2.24, 2.45) is 0 Å². The van der Waals surface area contributed by atoms with Crippen LogP contribution in [-0.2, 0) is 11.3 Å². The molecule has 7 heteroatoms. The Kier molecular flexibility index (Phi) is 3.83. The number of methoxy groups -OCH3 is 1. The van der Waals surface area contributed by atoms with Crippen LogP contribution >= 0.6 is 11.3 Å². The third-order valence-electron chi connectivity index (χ3n) is 2.14. The normalized spacial score (nSPS) is 10.1. The van der Waals surface area contributed by atoms with Gasteiger partial charge in [-0.1, -0.05) is 0 Å². The van der Waals surface area contributed by atoms with Crippen molar-refractivity contribution in [3.05, 3.63) is 34.2 Å². The highest BCUT2D eigenvalue weighted by Gasteiger charge is 2.08. The highest BCUT2D eigenvalue weighted by atomic mass is 32.1. The highest BCUT2D eigenvalue weighted by molar-refractivity contribution is 7.11. The molecule has 0 aliphatic carbocycles. The van der Waals surface area contributed by atoms with Gasteiger partial charge in [-0.05, 0) is 6.92 Å². The number of nitrogens with zero attached hydrogens (tertiary/aromatic N) is 3. The number of nitrogens with one attached hydrogen (secondary N) is 1. The molecule has 2 rings (SSSR count). The van der Waals surface area contributed by atoms with E-state index < -0.39 is 5.97 Å². The van der Waals surface area contributed by atoms with Gasteiger partial charge in [-0.25, -0.2) is 14.8 Å². The molecular weight excluding hydrogens is 252 g/mol. The Hall–Kier alpha value is -2.02. The topological polar surface area (TPSA) is 77.0 Å². The summed E-state index contributed by atoms with van der Waals surface area (Å²) in [4.78, 5) is 24.6. The summed E-state index contributed by atoms with van der Waals surface area (Å²) in [6, 6.07) is 0. The van der Waals surface area contributed by atoms with Crippen molar-refractivity contribution in [2.45, 2.75) is 13.5 Å². The van der Waals surface area contributed by atoms with Gasteiger partial charge >= 0.3 is 5.97 Å². The van der Waals surface area contributed by atoms with Gasteiger partial charge in [-0.2, -0.15) is 0 Å². The van der Waals surface area contributed by atoms with E-state index >= 15 is 0 Å². The fraction of sp³-hybridized carbons (Fsp3) is 0.273. The van der Waals surface area contributed by atoms with Crippen LogP contribution in [0, 0.1) is 6.92 Å². The van der Waals surface area contributed by atoms with Crippen LogP contribution in [0.25, 0.3) is 0 Å². The van der Waals surface area contributed by atoms with Crippen LogP contribution in [0.15, 0.2) is 18.6 Å². The van der Waals surface area contributed by atoms with Crippen molar-refractivity contribution in [3.63, 3.8) is 0 Å². The van der Waals surface area contributed by atoms with Gasteiger partial charge in [0, 0.05) is 11.1 Å². The van der Waals surface area contributed by atoms with Crippen LogP contribution in [0.4, 0.5) is 5.82 Å². The third-order valence-corrected chi connectivity index (χ3v) is 3.05. The molecule has 0 bridgehead atoms. The third kappa shape index (κ3) is 3.01. The van der Waals surface area contributed by atoms with Gasteiger partial charge in [0.25, 0.3) is 0 Å². The number of aryl methyl sites for hydroxylation is 1. The number of anilines is 1. The van der Waals surface area contributed by atoms with Gasteiger partial charge in [0.15, 0.2) is 5.69 Å². The Morgan fingerprint density at radius 2 is 2.28 bits per heavy atom. The number of rotatable bonds is 4. The Bertz CT molecular complexity index is 555. The quantitative estimate of drug-likeness (QED) is 0.846. The van der Waals surface area contributed by atoms with Crippen LogP contribution in [0.2, 0.25) is 0 Å². The van der Waals surface area contributed by atoms with Crippen LogP contribution in [0.3, 0.4) is 0 Å². The lowest BCUT2D eigenvalue weighted by Crippen LogP contribution is -2.08. The minimum Gasteiger partial charge on any atom is -0.464 e. The van der Waals surface area contributed by atoms with Gasteiger partial charge in [-0.3, -0.25) is 4.98 Å². The number of esters is 1. The minimum absolute atomic E-state index is 0.183. The van der Waals surface area contributed by atoms with Crippen molar-refractivity contribution in [1.29, 1.82) is 0 Å². The molecule has 0 atom stereocenters. The predicted molar refractivity (Wildman–Crippen MR) is 67.5 cm³/mol. The van der Waals surface area contributed by atoms with E-state index in [2.05, 4.69) is 25.0 Å². The number of carbonyl (C=O) groups is 1. The van der Waals surface area contributed by atoms with E-state index in [1.54, 1.807) is 17.5 Å². The first-order chi connectivity index (χ1) is 8.69. The largest absolute Gasteiger partial charge is 0.464 e. The van der Waals surface area contributed by atoms with Crippen LogP contribution in [-0.4, -0.2) is 28.0 Å². The fourth-order valence-corrected chi connectivity index (χ4v) is 2.05. The first-order valence-electron chi connectivity index (χ1n) is 5.24. The van der Waals surface area contributed by atoms with Gasteiger partial charge < -0.3 is 10.1 Å². The van der Waals surface area contributed by atoms with Crippen LogP contribution in [0.1, 0.15) is 20.4 Å². The predicted octanol–water partition coefficient (Wildman–Crippen LogP) is 1.64. The van der Waals surface area contributed by atoms with Crippen LogP contribution in [0.5, 0.6) is 0 Å². The summed E-state index contributed by atoms with van der Waals surface area (Å²) in [6.45, 7) is 2.55. The summed E-state index contributed by atoms with van der Waals surface area (Å²) >= 11 is 1.61. The molecule has 0 aliphatic rings. The summed E-state index contributed by atoms with van der Waals surface area (Å²) in [7, 11) is 1.31. The lowest BCUT2D eigenvalue weighted by Gasteiger charge is -2.04. The number of hydrogen-bond acceptors (Lipinski definition) is 7. The van der Waals surface area contributed by atoms with Crippen molar-refractivity contribution in [1.82, 2.24) is 15.0 Å². The summed E-state index contributed by atoms with van der Waals surface area (Å²) in [5.74, 6) is 0.0312. The van der Waals surface area contributed by atoms with E-state index in [9.17, 15) is 4.79 Å². The SMILES string of the molecule is COC(=O)c1cncc(NCc2cnc(C)s2)n1. The van der Waals surface area contributed by atoms with E-state index in [1.807, 2.05) is 13.1 Å². The molecule has 2 heterocycles. The molecular formula is C11H12N4O2S. The first kappa shape index (κ1) is 12.4. The molecule has 0 spiro atoms. The monoisotopic (exact) mass is 264 g/mol. The molecule has 18 heavy (non-hydrogen) atoms. The Labute approximate surface area is 108 Å². The number of carbonyl (C=O) groups excluding carboxylic acids is 1. The maximum atomic E-state index is 11.3. The summed E-state index contributed by atoms with van der Waals surface area (Å²) in [5.41, 5.74) is 0.183. The summed E-state index contributed by atoms with van der Waals surface area (Å²) < 4.78 is 4.58. The number of ether oxygens (including phenoxy) is 1. The van der Waals surface area contributed by atoms with E-state index in [0.717, 1.165) is 9.88 Å². The molecule has 2 aromatic heterocycles. The average molecular weight is 264 g/mol. The second kappa shape index (κ2) is 5.54. The highest BCUT2D eigenvalue weighted by Crippen LogP contribution is 2.13. The van der Waals surface area contributed by atoms with Crippen molar-refractivity contribution < 1.29 is 9.53 Å². The van der Waals surface area contributed by atoms with Crippen LogP contribution < -0.4 is 5.32 Å². The number of hydrogen-bond donors (Lipinski definition) is 1. The van der Waals surface area contributed by atoms with E-state index in [4.69, 9.17) is 0 Å². The number of aromatic nitrogens is 3. The van der Waals surface area contributed by atoms with E-state index in [-0.39, 0.29) is 5.69 Å². The molecule has 94 valence electrons. The molecule has 0 fully saturated rings. The summed E-state index contributed by atoms with van der Waals surface area (Å²) in [5, 5.41) is 4.10. The maximum absolute atomic E-state index is 11.3. The molecule has 1 N–H and O–H groups in total. The molecule has 0 saturated carbocycles. The van der Waals surface area contributed by atoms with Gasteiger partial charge in [0.05, 0.1) is 31.1 Å². The van der Waals surface area contributed by atoms with Gasteiger partial charge in [-0.15, -0.1) is 11.3 Å². The zero-order valence-electron chi connectivity index (χ0n) is 10.0. The Balaban J connectivity index is 2.03. The molecule has 0 radical (unpaired) electrons. The zero-order chi connectivity index (χ0) is 13.0. The Morgan fingerprint density at radius 3 is 2.94 bits per heavy atom. The second-order valence-electron chi connectivity index (χ2n) is 3.48. The Morgan fingerprint density at radius 1 is 1.44 bits per heavy atom. The second-order valence-corrected chi connectivity index (χ2v) is 4.80. The van der Waals surface area contributed by atoms with Crippen molar-refractivity contribution in [2.75, 3.05) is 12.4 Å². The number of thiazole rings is 1. The standard InChI is InChI=1S/C11H12N4O2S/c1-7-13-3-8(18-7)4-14-10-6-12-5-9(15-10)11(16)17-2/h3,5-6H,4H2,1-2H3,(H,14,15). The van der Waals surface area contributed by atoms with E-state index in [1.165, 1.54) is 13.3 Å². The molecule has 2 aromatic rings. The van der Waals surface area contributed by atoms with E-state index in [0.29, 0.717) is 12.4 Å². The average Bonchev–Trinajstić information content (AvgIpc) is 2.81. The molecule has 0 aliphatic heterocycles. The molecule has 0 unspecified atom stereocenters. The smallest absolute Gasteiger partial charge is 0.358 e. The summed E-state index contributed by atoms with van der Waals surface area (Å²) in [6.07, 6.45) is 4.73. The lowest BCUT2D eigenvalue weighted by molar-refractivity contribution is 0.0593. The van der Waals surface area contributed by atoms with Crippen molar-refractivity contribution in [3.8, 4) is 0 Å². The molecule has 0 saturated heterocycles. The maximum Gasteiger partial charge on any atom is 0.358 e. The lowest BCUT2D eigenvalue weighted by atomic mass is 10.4. The first-order valence-corrected chi connectivity index (χ1v) is 6.06. The van der Waals surface area contributed by atoms with Gasteiger partial charge in [0.1, 0.15) is 5.82 Å². The van der Waals surface area contributed by atoms with Gasteiger partial charge in [0.2, 0.25) is 0 Å².